The standard InChI is InChI=1S/C17H17ClN2O/c1-12(21)16-8-5-14(10-19)9-17(16)20(2)11-13-3-6-15(18)7-4-13/h3-9,12,21H,11H2,1-2H3/t12-/m1/s1. The molecule has 0 bridgehead atoms. The second kappa shape index (κ2) is 6.62. The van der Waals surface area contributed by atoms with Gasteiger partial charge in [-0.05, 0) is 36.8 Å². The van der Waals surface area contributed by atoms with E-state index in [0.29, 0.717) is 17.1 Å². The molecule has 0 aliphatic heterocycles. The molecule has 1 atom stereocenters. The fourth-order valence-electron chi connectivity index (χ4n) is 2.25. The van der Waals surface area contributed by atoms with Crippen LogP contribution in [0.15, 0.2) is 42.5 Å². The predicted molar refractivity (Wildman–Crippen MR) is 85.3 cm³/mol. The molecule has 0 aromatic heterocycles. The maximum atomic E-state index is 9.89. The SMILES string of the molecule is C[C@@H](O)c1ccc(C#N)cc1N(C)Cc1ccc(Cl)cc1. The highest BCUT2D eigenvalue weighted by molar-refractivity contribution is 6.30. The summed E-state index contributed by atoms with van der Waals surface area (Å²) < 4.78 is 0. The summed E-state index contributed by atoms with van der Waals surface area (Å²) in [5.74, 6) is 0. The summed E-state index contributed by atoms with van der Waals surface area (Å²) in [6.07, 6.45) is -0.583. The summed E-state index contributed by atoms with van der Waals surface area (Å²) in [6.45, 7) is 2.40. The smallest absolute Gasteiger partial charge is 0.0992 e. The summed E-state index contributed by atoms with van der Waals surface area (Å²) in [7, 11) is 1.94. The Bertz CT molecular complexity index is 659. The fourth-order valence-corrected chi connectivity index (χ4v) is 2.37. The summed E-state index contributed by atoms with van der Waals surface area (Å²) in [5.41, 5.74) is 3.36. The first-order valence-corrected chi connectivity index (χ1v) is 7.06. The van der Waals surface area contributed by atoms with Gasteiger partial charge in [-0.25, -0.2) is 0 Å². The molecule has 0 aliphatic rings. The topological polar surface area (TPSA) is 47.3 Å². The minimum absolute atomic E-state index is 0.581. The molecule has 0 saturated carbocycles. The highest BCUT2D eigenvalue weighted by atomic mass is 35.5. The van der Waals surface area contributed by atoms with Gasteiger partial charge in [-0.1, -0.05) is 29.8 Å². The number of aliphatic hydroxyl groups excluding tert-OH is 1. The van der Waals surface area contributed by atoms with Gasteiger partial charge >= 0.3 is 0 Å². The molecule has 0 fully saturated rings. The van der Waals surface area contributed by atoms with Crippen LogP contribution < -0.4 is 4.90 Å². The Morgan fingerprint density at radius 3 is 2.48 bits per heavy atom. The van der Waals surface area contributed by atoms with E-state index in [1.807, 2.05) is 36.2 Å². The number of hydrogen-bond donors (Lipinski definition) is 1. The van der Waals surface area contributed by atoms with Crippen LogP contribution in [0.4, 0.5) is 5.69 Å². The molecule has 0 saturated heterocycles. The lowest BCUT2D eigenvalue weighted by Crippen LogP contribution is -2.18. The molecule has 1 N–H and O–H groups in total. The second-order valence-corrected chi connectivity index (χ2v) is 5.48. The van der Waals surface area contributed by atoms with E-state index in [-0.39, 0.29) is 0 Å². The van der Waals surface area contributed by atoms with Crippen molar-refractivity contribution in [2.45, 2.75) is 19.6 Å². The normalized spacial score (nSPS) is 11.8. The molecular formula is C17H17ClN2O. The zero-order chi connectivity index (χ0) is 15.4. The van der Waals surface area contributed by atoms with Gasteiger partial charge in [-0.3, -0.25) is 0 Å². The third-order valence-electron chi connectivity index (χ3n) is 3.35. The van der Waals surface area contributed by atoms with E-state index < -0.39 is 6.10 Å². The monoisotopic (exact) mass is 300 g/mol. The number of aliphatic hydroxyl groups is 1. The third-order valence-corrected chi connectivity index (χ3v) is 3.61. The van der Waals surface area contributed by atoms with Crippen LogP contribution in [0.25, 0.3) is 0 Å². The number of nitriles is 1. The molecule has 2 aromatic carbocycles. The molecule has 21 heavy (non-hydrogen) atoms. The van der Waals surface area contributed by atoms with Gasteiger partial charge in [0.2, 0.25) is 0 Å². The molecule has 0 aliphatic carbocycles. The lowest BCUT2D eigenvalue weighted by Gasteiger charge is -2.24. The van der Waals surface area contributed by atoms with Crippen LogP contribution in [0, 0.1) is 11.3 Å². The molecule has 0 heterocycles. The van der Waals surface area contributed by atoms with E-state index in [9.17, 15) is 5.11 Å². The van der Waals surface area contributed by atoms with E-state index in [1.54, 1.807) is 25.1 Å². The predicted octanol–water partition coefficient (Wildman–Crippen LogP) is 3.90. The molecule has 4 heteroatoms. The maximum absolute atomic E-state index is 9.89. The molecular weight excluding hydrogens is 284 g/mol. The molecule has 3 nitrogen and oxygen atoms in total. The Labute approximate surface area is 130 Å². The van der Waals surface area contributed by atoms with Crippen molar-refractivity contribution in [1.29, 1.82) is 5.26 Å². The van der Waals surface area contributed by atoms with E-state index in [0.717, 1.165) is 16.8 Å². The van der Waals surface area contributed by atoms with Crippen molar-refractivity contribution in [1.82, 2.24) is 0 Å². The molecule has 0 unspecified atom stereocenters. The van der Waals surface area contributed by atoms with Crippen molar-refractivity contribution in [2.75, 3.05) is 11.9 Å². The van der Waals surface area contributed by atoms with E-state index in [1.165, 1.54) is 0 Å². The number of benzene rings is 2. The summed E-state index contributed by atoms with van der Waals surface area (Å²) in [6, 6.07) is 15.1. The number of halogens is 1. The van der Waals surface area contributed by atoms with Crippen LogP contribution in [0.3, 0.4) is 0 Å². The number of hydrogen-bond acceptors (Lipinski definition) is 3. The minimum atomic E-state index is -0.583. The Kier molecular flexibility index (Phi) is 4.85. The first-order chi connectivity index (χ1) is 10.0. The second-order valence-electron chi connectivity index (χ2n) is 5.04. The number of anilines is 1. The summed E-state index contributed by atoms with van der Waals surface area (Å²) in [4.78, 5) is 2.02. The molecule has 0 amide bonds. The van der Waals surface area contributed by atoms with E-state index >= 15 is 0 Å². The maximum Gasteiger partial charge on any atom is 0.0992 e. The highest BCUT2D eigenvalue weighted by Crippen LogP contribution is 2.28. The molecule has 2 rings (SSSR count). The molecule has 108 valence electrons. The van der Waals surface area contributed by atoms with Crippen LogP contribution in [-0.2, 0) is 6.54 Å². The summed E-state index contributed by atoms with van der Waals surface area (Å²) >= 11 is 5.89. The first kappa shape index (κ1) is 15.4. The van der Waals surface area contributed by atoms with Gasteiger partial charge in [0.05, 0.1) is 17.7 Å². The van der Waals surface area contributed by atoms with Gasteiger partial charge < -0.3 is 10.0 Å². The molecule has 0 radical (unpaired) electrons. The average Bonchev–Trinajstić information content (AvgIpc) is 2.48. The van der Waals surface area contributed by atoms with Crippen LogP contribution >= 0.6 is 11.6 Å². The Morgan fingerprint density at radius 2 is 1.90 bits per heavy atom. The first-order valence-electron chi connectivity index (χ1n) is 6.69. The fraction of sp³-hybridized carbons (Fsp3) is 0.235. The van der Waals surface area contributed by atoms with Crippen LogP contribution in [0.1, 0.15) is 29.7 Å². The lowest BCUT2D eigenvalue weighted by atomic mass is 10.0. The average molecular weight is 301 g/mol. The van der Waals surface area contributed by atoms with Gasteiger partial charge in [-0.2, -0.15) is 5.26 Å². The van der Waals surface area contributed by atoms with Gasteiger partial charge in [0.1, 0.15) is 0 Å². The van der Waals surface area contributed by atoms with Crippen molar-refractivity contribution in [2.24, 2.45) is 0 Å². The minimum Gasteiger partial charge on any atom is -0.389 e. The quantitative estimate of drug-likeness (QED) is 0.931. The Balaban J connectivity index is 2.31. The largest absolute Gasteiger partial charge is 0.389 e. The van der Waals surface area contributed by atoms with E-state index in [2.05, 4.69) is 6.07 Å². The van der Waals surface area contributed by atoms with Gasteiger partial charge in [0, 0.05) is 29.9 Å². The van der Waals surface area contributed by atoms with Crippen molar-refractivity contribution in [3.63, 3.8) is 0 Å². The number of rotatable bonds is 4. The Morgan fingerprint density at radius 1 is 1.24 bits per heavy atom. The van der Waals surface area contributed by atoms with Gasteiger partial charge in [0.15, 0.2) is 0 Å². The summed E-state index contributed by atoms with van der Waals surface area (Å²) in [5, 5.41) is 19.6. The Hall–Kier alpha value is -2.02. The van der Waals surface area contributed by atoms with Crippen LogP contribution in [0.5, 0.6) is 0 Å². The van der Waals surface area contributed by atoms with Crippen molar-refractivity contribution in [3.05, 3.63) is 64.2 Å². The number of nitrogens with zero attached hydrogens (tertiary/aromatic N) is 2. The molecule has 2 aromatic rings. The van der Waals surface area contributed by atoms with Crippen LogP contribution in [0.2, 0.25) is 5.02 Å². The third kappa shape index (κ3) is 3.75. The zero-order valence-electron chi connectivity index (χ0n) is 12.0. The van der Waals surface area contributed by atoms with Crippen molar-refractivity contribution >= 4 is 17.3 Å². The lowest BCUT2D eigenvalue weighted by molar-refractivity contribution is 0.199. The van der Waals surface area contributed by atoms with E-state index in [4.69, 9.17) is 16.9 Å². The molecule has 0 spiro atoms. The van der Waals surface area contributed by atoms with Crippen molar-refractivity contribution in [3.8, 4) is 6.07 Å². The van der Waals surface area contributed by atoms with Crippen LogP contribution in [-0.4, -0.2) is 12.2 Å². The highest BCUT2D eigenvalue weighted by Gasteiger charge is 2.13. The van der Waals surface area contributed by atoms with Gasteiger partial charge in [0.25, 0.3) is 0 Å². The zero-order valence-corrected chi connectivity index (χ0v) is 12.8. The van der Waals surface area contributed by atoms with Crippen molar-refractivity contribution < 1.29 is 5.11 Å². The van der Waals surface area contributed by atoms with Gasteiger partial charge in [-0.15, -0.1) is 0 Å².